The molecule has 0 aliphatic rings. The first-order chi connectivity index (χ1) is 9.02. The van der Waals surface area contributed by atoms with E-state index in [1.54, 1.807) is 12.1 Å². The fourth-order valence-electron chi connectivity index (χ4n) is 2.26. The van der Waals surface area contributed by atoms with E-state index in [2.05, 4.69) is 10.6 Å². The van der Waals surface area contributed by atoms with Crippen LogP contribution in [0.15, 0.2) is 30.5 Å². The van der Waals surface area contributed by atoms with Crippen molar-refractivity contribution >= 4 is 10.9 Å². The summed E-state index contributed by atoms with van der Waals surface area (Å²) in [4.78, 5) is 0. The Kier molecular flexibility index (Phi) is 3.90. The minimum Gasteiger partial charge on any atom is -0.347 e. The molecule has 1 aromatic heterocycles. The molecule has 100 valence electrons. The summed E-state index contributed by atoms with van der Waals surface area (Å²) in [6, 6.07) is 9.20. The molecule has 2 rings (SSSR count). The summed E-state index contributed by atoms with van der Waals surface area (Å²) in [6.07, 6.45) is 4.91. The lowest BCUT2D eigenvalue weighted by Gasteiger charge is -2.14. The SMILES string of the molecule is CC(C)(C#N)CCCCn1ccc2ccc(F)cc21. The minimum absolute atomic E-state index is 0.196. The number of hydrogen-bond donors (Lipinski definition) is 0. The van der Waals surface area contributed by atoms with Crippen molar-refractivity contribution in [3.63, 3.8) is 0 Å². The van der Waals surface area contributed by atoms with Crippen molar-refractivity contribution in [3.8, 4) is 6.07 Å². The normalized spacial score (nSPS) is 11.7. The Balaban J connectivity index is 1.96. The molecular formula is C16H19FN2. The number of fused-ring (bicyclic) bond motifs is 1. The molecule has 0 radical (unpaired) electrons. The highest BCUT2D eigenvalue weighted by Gasteiger charge is 2.15. The lowest BCUT2D eigenvalue weighted by Crippen LogP contribution is -2.08. The molecule has 0 aliphatic carbocycles. The van der Waals surface area contributed by atoms with Crippen molar-refractivity contribution in [1.29, 1.82) is 5.26 Å². The zero-order valence-electron chi connectivity index (χ0n) is 11.5. The summed E-state index contributed by atoms with van der Waals surface area (Å²) < 4.78 is 15.3. The number of benzene rings is 1. The minimum atomic E-state index is -0.245. The summed E-state index contributed by atoms with van der Waals surface area (Å²) in [6.45, 7) is 4.80. The van der Waals surface area contributed by atoms with Crippen LogP contribution in [-0.4, -0.2) is 4.57 Å². The number of hydrogen-bond acceptors (Lipinski definition) is 1. The van der Waals surface area contributed by atoms with Gasteiger partial charge in [-0.25, -0.2) is 4.39 Å². The summed E-state index contributed by atoms with van der Waals surface area (Å²) in [5, 5.41) is 10.0. The molecule has 3 heteroatoms. The lowest BCUT2D eigenvalue weighted by atomic mass is 9.89. The van der Waals surface area contributed by atoms with Gasteiger partial charge in [0.2, 0.25) is 0 Å². The van der Waals surface area contributed by atoms with E-state index in [9.17, 15) is 4.39 Å². The van der Waals surface area contributed by atoms with Crippen LogP contribution >= 0.6 is 0 Å². The third-order valence-corrected chi connectivity index (χ3v) is 3.49. The van der Waals surface area contributed by atoms with Crippen LogP contribution in [0.4, 0.5) is 4.39 Å². The summed E-state index contributed by atoms with van der Waals surface area (Å²) in [7, 11) is 0. The molecule has 2 aromatic rings. The zero-order chi connectivity index (χ0) is 13.9. The van der Waals surface area contributed by atoms with E-state index in [-0.39, 0.29) is 11.2 Å². The standard InChI is InChI=1S/C16H19FN2/c1-16(2,12-18)8-3-4-9-19-10-7-13-5-6-14(17)11-15(13)19/h5-7,10-11H,3-4,8-9H2,1-2H3. The van der Waals surface area contributed by atoms with E-state index in [1.807, 2.05) is 26.1 Å². The Hall–Kier alpha value is -1.82. The maximum absolute atomic E-state index is 13.2. The maximum atomic E-state index is 13.2. The Labute approximate surface area is 113 Å². The van der Waals surface area contributed by atoms with Gasteiger partial charge in [-0.1, -0.05) is 6.42 Å². The van der Waals surface area contributed by atoms with Crippen molar-refractivity contribution in [2.24, 2.45) is 5.41 Å². The lowest BCUT2D eigenvalue weighted by molar-refractivity contribution is 0.418. The molecule has 2 nitrogen and oxygen atoms in total. The molecule has 0 fully saturated rings. The molecule has 1 aromatic carbocycles. The average molecular weight is 258 g/mol. The van der Waals surface area contributed by atoms with Crippen molar-refractivity contribution in [2.75, 3.05) is 0 Å². The number of aryl methyl sites for hydroxylation is 1. The van der Waals surface area contributed by atoms with E-state index in [4.69, 9.17) is 5.26 Å². The largest absolute Gasteiger partial charge is 0.347 e. The monoisotopic (exact) mass is 258 g/mol. The van der Waals surface area contributed by atoms with Gasteiger partial charge in [-0.2, -0.15) is 5.26 Å². The van der Waals surface area contributed by atoms with E-state index < -0.39 is 0 Å². The molecule has 0 amide bonds. The Morgan fingerprint density at radius 2 is 2.05 bits per heavy atom. The van der Waals surface area contributed by atoms with Gasteiger partial charge in [-0.05, 0) is 56.3 Å². The Bertz CT molecular complexity index is 605. The first kappa shape index (κ1) is 13.6. The number of rotatable bonds is 5. The topological polar surface area (TPSA) is 28.7 Å². The quantitative estimate of drug-likeness (QED) is 0.726. The third-order valence-electron chi connectivity index (χ3n) is 3.49. The average Bonchev–Trinajstić information content (AvgIpc) is 2.77. The maximum Gasteiger partial charge on any atom is 0.125 e. The first-order valence-corrected chi connectivity index (χ1v) is 6.67. The summed E-state index contributed by atoms with van der Waals surface area (Å²) >= 11 is 0. The van der Waals surface area contributed by atoms with Gasteiger partial charge in [-0.3, -0.25) is 0 Å². The van der Waals surface area contributed by atoms with Crippen LogP contribution < -0.4 is 0 Å². The fraction of sp³-hybridized carbons (Fsp3) is 0.438. The predicted octanol–water partition coefficient (Wildman–Crippen LogP) is 4.50. The van der Waals surface area contributed by atoms with Crippen LogP contribution in [0.1, 0.15) is 33.1 Å². The summed E-state index contributed by atoms with van der Waals surface area (Å²) in [5.41, 5.74) is 0.699. The van der Waals surface area contributed by atoms with E-state index in [0.29, 0.717) is 0 Å². The second kappa shape index (κ2) is 5.44. The molecule has 0 atom stereocenters. The number of nitrogens with zero attached hydrogens (tertiary/aromatic N) is 2. The number of nitriles is 1. The van der Waals surface area contributed by atoms with Gasteiger partial charge in [0.25, 0.3) is 0 Å². The van der Waals surface area contributed by atoms with E-state index in [0.717, 1.165) is 36.7 Å². The predicted molar refractivity (Wildman–Crippen MR) is 75.1 cm³/mol. The van der Waals surface area contributed by atoms with Crippen molar-refractivity contribution < 1.29 is 4.39 Å². The van der Waals surface area contributed by atoms with Gasteiger partial charge in [-0.15, -0.1) is 0 Å². The van der Waals surface area contributed by atoms with Gasteiger partial charge < -0.3 is 4.57 Å². The molecule has 0 spiro atoms. The first-order valence-electron chi connectivity index (χ1n) is 6.67. The van der Waals surface area contributed by atoms with Gasteiger partial charge in [0.05, 0.1) is 17.0 Å². The van der Waals surface area contributed by atoms with Gasteiger partial charge in [0, 0.05) is 12.7 Å². The van der Waals surface area contributed by atoms with Crippen LogP contribution in [0.25, 0.3) is 10.9 Å². The van der Waals surface area contributed by atoms with Gasteiger partial charge in [0.15, 0.2) is 0 Å². The second-order valence-electron chi connectivity index (χ2n) is 5.67. The van der Waals surface area contributed by atoms with E-state index in [1.165, 1.54) is 6.07 Å². The molecule has 0 saturated heterocycles. The molecular weight excluding hydrogens is 239 g/mol. The van der Waals surface area contributed by atoms with Crippen molar-refractivity contribution in [1.82, 2.24) is 4.57 Å². The van der Waals surface area contributed by atoms with Crippen molar-refractivity contribution in [2.45, 2.75) is 39.7 Å². The molecule has 0 bridgehead atoms. The number of halogens is 1. The van der Waals surface area contributed by atoms with Crippen LogP contribution in [0.5, 0.6) is 0 Å². The Morgan fingerprint density at radius 1 is 1.26 bits per heavy atom. The van der Waals surface area contributed by atoms with Crippen LogP contribution in [-0.2, 0) is 6.54 Å². The number of unbranched alkanes of at least 4 members (excludes halogenated alkanes) is 1. The van der Waals surface area contributed by atoms with Crippen LogP contribution in [0, 0.1) is 22.6 Å². The number of aromatic nitrogens is 1. The smallest absolute Gasteiger partial charge is 0.125 e. The molecule has 0 aliphatic heterocycles. The second-order valence-corrected chi connectivity index (χ2v) is 5.67. The van der Waals surface area contributed by atoms with E-state index >= 15 is 0 Å². The van der Waals surface area contributed by atoms with Crippen molar-refractivity contribution in [3.05, 3.63) is 36.3 Å². The van der Waals surface area contributed by atoms with Crippen LogP contribution in [0.2, 0.25) is 0 Å². The van der Waals surface area contributed by atoms with Crippen LogP contribution in [0.3, 0.4) is 0 Å². The highest BCUT2D eigenvalue weighted by Crippen LogP contribution is 2.23. The van der Waals surface area contributed by atoms with Gasteiger partial charge in [0.1, 0.15) is 5.82 Å². The fourth-order valence-corrected chi connectivity index (χ4v) is 2.26. The third kappa shape index (κ3) is 3.35. The van der Waals surface area contributed by atoms with Gasteiger partial charge >= 0.3 is 0 Å². The summed E-state index contributed by atoms with van der Waals surface area (Å²) in [5.74, 6) is -0.196. The Morgan fingerprint density at radius 3 is 2.79 bits per heavy atom. The molecule has 19 heavy (non-hydrogen) atoms. The highest BCUT2D eigenvalue weighted by molar-refractivity contribution is 5.80. The molecule has 1 heterocycles. The molecule has 0 unspecified atom stereocenters. The zero-order valence-corrected chi connectivity index (χ0v) is 11.5. The molecule has 0 saturated carbocycles. The molecule has 0 N–H and O–H groups in total. The highest BCUT2D eigenvalue weighted by atomic mass is 19.1.